The molecule has 298 valence electrons. The predicted octanol–water partition coefficient (Wildman–Crippen LogP) is 9.89. The number of aryl methyl sites for hydroxylation is 1. The number of anilines is 1. The molecule has 7 heterocycles. The summed E-state index contributed by atoms with van der Waals surface area (Å²) in [5.74, 6) is -0.243. The molecular formula is C44H40Cl3N5O6. The van der Waals surface area contributed by atoms with Crippen molar-refractivity contribution in [3.8, 4) is 39.8 Å². The number of aromatic nitrogens is 3. The normalized spacial score (nSPS) is 21.3. The molecular weight excluding hydrogens is 801 g/mol. The molecule has 1 spiro atoms. The van der Waals surface area contributed by atoms with Gasteiger partial charge in [0.1, 0.15) is 28.0 Å². The third kappa shape index (κ3) is 5.03. The molecule has 3 aromatic heterocycles. The Balaban J connectivity index is 1.31. The standard InChI is InChI=1S/C44H40Cl3N5O6/c1-6-43(55,7-2)29(53)16-21-14-20-12-13-28-25(15-20)44-26-18-22(45)17-24(33(26)50-42(44)56-28)23-10-9-11-27-30(23)31(38(47)52(27)8-3)35-37(46)51-41(57-35)34-36(44)58-40(49-34)32(19(4)5)48-39(21)54/h9-13,15,17-19,21,32,42,50,55H,6-8,14,16H2,1-5H3,(H,48,54)/t21-,32+,42?,44-/m1/s1. The number of aliphatic hydroxyl groups is 1. The molecule has 10 rings (SSSR count). The Bertz CT molecular complexity index is 2750. The fraction of sp³-hybridized carbons (Fsp3) is 0.364. The van der Waals surface area contributed by atoms with Gasteiger partial charge in [0.25, 0.3) is 5.89 Å². The fourth-order valence-corrected chi connectivity index (χ4v) is 10.4. The number of halogens is 3. The number of hydrogen-bond donors (Lipinski definition) is 3. The van der Waals surface area contributed by atoms with Crippen molar-refractivity contribution in [3.05, 3.63) is 92.2 Å². The van der Waals surface area contributed by atoms with Gasteiger partial charge < -0.3 is 33.9 Å². The molecule has 0 aliphatic carbocycles. The summed E-state index contributed by atoms with van der Waals surface area (Å²) in [6, 6.07) is 15.0. The number of oxazole rings is 2. The van der Waals surface area contributed by atoms with E-state index in [-0.39, 0.29) is 71.7 Å². The zero-order valence-electron chi connectivity index (χ0n) is 32.4. The van der Waals surface area contributed by atoms with E-state index in [4.69, 9.17) is 58.3 Å². The zero-order valence-corrected chi connectivity index (χ0v) is 34.7. The van der Waals surface area contributed by atoms with Gasteiger partial charge in [0.2, 0.25) is 11.8 Å². The van der Waals surface area contributed by atoms with Gasteiger partial charge in [-0.3, -0.25) is 9.59 Å². The Kier molecular flexibility index (Phi) is 8.46. The van der Waals surface area contributed by atoms with Crippen LogP contribution in [-0.2, 0) is 28.0 Å². The molecule has 3 aromatic carbocycles. The molecule has 1 amide bonds. The maximum Gasteiger partial charge on any atom is 0.250 e. The van der Waals surface area contributed by atoms with Crippen LogP contribution in [-0.4, -0.2) is 43.2 Å². The summed E-state index contributed by atoms with van der Waals surface area (Å²) < 4.78 is 22.6. The average Bonchev–Trinajstić information content (AvgIpc) is 4.00. The van der Waals surface area contributed by atoms with E-state index >= 15 is 0 Å². The highest BCUT2D eigenvalue weighted by Crippen LogP contribution is 2.62. The van der Waals surface area contributed by atoms with Gasteiger partial charge in [0.05, 0.1) is 11.1 Å². The first-order valence-electron chi connectivity index (χ1n) is 19.8. The van der Waals surface area contributed by atoms with Crippen molar-refractivity contribution in [1.29, 1.82) is 0 Å². The van der Waals surface area contributed by atoms with Crippen molar-refractivity contribution in [2.75, 3.05) is 5.32 Å². The summed E-state index contributed by atoms with van der Waals surface area (Å²) in [5, 5.41) is 20.0. The van der Waals surface area contributed by atoms with Crippen molar-refractivity contribution in [3.63, 3.8) is 0 Å². The molecule has 0 radical (unpaired) electrons. The molecule has 1 unspecified atom stereocenters. The largest absolute Gasteiger partial charge is 0.469 e. The third-order valence-electron chi connectivity index (χ3n) is 12.8. The second-order valence-corrected chi connectivity index (χ2v) is 17.3. The third-order valence-corrected chi connectivity index (χ3v) is 13.6. The van der Waals surface area contributed by atoms with Crippen LogP contribution in [0.25, 0.3) is 44.9 Å². The number of amides is 1. The number of rotatable bonds is 7. The topological polar surface area (TPSA) is 145 Å². The molecule has 4 atom stereocenters. The Hall–Kier alpha value is -4.81. The van der Waals surface area contributed by atoms with Crippen LogP contribution in [0, 0.1) is 11.8 Å². The van der Waals surface area contributed by atoms with Crippen LogP contribution in [0.1, 0.15) is 88.3 Å². The highest BCUT2D eigenvalue weighted by molar-refractivity contribution is 6.38. The molecule has 3 N–H and O–H groups in total. The lowest BCUT2D eigenvalue weighted by atomic mass is 9.71. The number of ketones is 1. The number of benzene rings is 3. The van der Waals surface area contributed by atoms with E-state index in [1.807, 2.05) is 73.9 Å². The van der Waals surface area contributed by atoms with Crippen LogP contribution in [0.3, 0.4) is 0 Å². The first-order chi connectivity index (χ1) is 27.8. The minimum absolute atomic E-state index is 0.0889. The Labute approximate surface area is 349 Å². The summed E-state index contributed by atoms with van der Waals surface area (Å²) in [6.45, 7) is 10.1. The maximum absolute atomic E-state index is 14.4. The molecule has 58 heavy (non-hydrogen) atoms. The quantitative estimate of drug-likeness (QED) is 0.143. The van der Waals surface area contributed by atoms with E-state index in [0.717, 1.165) is 44.4 Å². The van der Waals surface area contributed by atoms with Gasteiger partial charge in [0, 0.05) is 51.7 Å². The highest BCUT2D eigenvalue weighted by Gasteiger charge is 2.62. The Morgan fingerprint density at radius 1 is 1.02 bits per heavy atom. The fourth-order valence-electron chi connectivity index (χ4n) is 9.61. The van der Waals surface area contributed by atoms with Gasteiger partial charge in [-0.05, 0) is 67.5 Å². The molecule has 14 heteroatoms. The van der Waals surface area contributed by atoms with Crippen molar-refractivity contribution >= 4 is 63.1 Å². The van der Waals surface area contributed by atoms with Gasteiger partial charge in [-0.15, -0.1) is 0 Å². The van der Waals surface area contributed by atoms with Gasteiger partial charge >= 0.3 is 0 Å². The lowest BCUT2D eigenvalue weighted by molar-refractivity contribution is -0.141. The monoisotopic (exact) mass is 839 g/mol. The Morgan fingerprint density at radius 3 is 2.55 bits per heavy atom. The summed E-state index contributed by atoms with van der Waals surface area (Å²) in [5.41, 5.74) is 3.71. The second kappa shape index (κ2) is 13.1. The van der Waals surface area contributed by atoms with Crippen molar-refractivity contribution in [2.45, 2.75) is 90.1 Å². The smallest absolute Gasteiger partial charge is 0.250 e. The SMILES string of the molecule is CCn1c(Cl)c2c3c(cccc31)-c1cc(Cl)cc3c1NC1Oc4ccc5cc4[C@]31c1oc(nc1-c1nc(Cl)c-2o1)[C@H](C(C)C)NC(=O)[C@@H](CC(=O)C(O)(CC)CC)C5. The minimum atomic E-state index is -1.54. The Morgan fingerprint density at radius 2 is 1.81 bits per heavy atom. The molecule has 0 saturated carbocycles. The molecule has 4 aliphatic heterocycles. The number of nitrogens with one attached hydrogen (secondary N) is 2. The molecule has 0 saturated heterocycles. The second-order valence-electron chi connectivity index (χ2n) is 16.1. The molecule has 10 bridgehead atoms. The van der Waals surface area contributed by atoms with Crippen LogP contribution >= 0.6 is 34.8 Å². The van der Waals surface area contributed by atoms with Crippen molar-refractivity contribution in [1.82, 2.24) is 19.9 Å². The van der Waals surface area contributed by atoms with Crippen LogP contribution in [0.15, 0.2) is 57.4 Å². The van der Waals surface area contributed by atoms with Crippen molar-refractivity contribution in [2.24, 2.45) is 11.8 Å². The highest BCUT2D eigenvalue weighted by atomic mass is 35.5. The number of fused-ring (bicyclic) bond motifs is 7. The summed E-state index contributed by atoms with van der Waals surface area (Å²) >= 11 is 21.5. The van der Waals surface area contributed by atoms with E-state index in [1.165, 1.54) is 0 Å². The maximum atomic E-state index is 14.4. The van der Waals surface area contributed by atoms with Crippen LogP contribution in [0.5, 0.6) is 5.75 Å². The first-order valence-corrected chi connectivity index (χ1v) is 20.9. The lowest BCUT2D eigenvalue weighted by Gasteiger charge is -2.29. The number of ether oxygens (including phenoxy) is 1. The summed E-state index contributed by atoms with van der Waals surface area (Å²) in [6.07, 6.45) is -0.215. The summed E-state index contributed by atoms with van der Waals surface area (Å²) in [7, 11) is 0. The predicted molar refractivity (Wildman–Crippen MR) is 222 cm³/mol. The minimum Gasteiger partial charge on any atom is -0.469 e. The van der Waals surface area contributed by atoms with Crippen LogP contribution in [0.2, 0.25) is 15.3 Å². The van der Waals surface area contributed by atoms with E-state index in [0.29, 0.717) is 33.8 Å². The molecule has 0 fully saturated rings. The van der Waals surface area contributed by atoms with E-state index in [9.17, 15) is 14.7 Å². The van der Waals surface area contributed by atoms with Gasteiger partial charge in [0.15, 0.2) is 34.4 Å². The number of nitrogens with zero attached hydrogens (tertiary/aromatic N) is 3. The molecule has 11 nitrogen and oxygen atoms in total. The zero-order chi connectivity index (χ0) is 40.6. The number of hydrogen-bond acceptors (Lipinski definition) is 9. The average molecular weight is 841 g/mol. The molecule has 4 aliphatic rings. The van der Waals surface area contributed by atoms with E-state index in [2.05, 4.69) is 10.6 Å². The lowest BCUT2D eigenvalue weighted by Crippen LogP contribution is -2.43. The van der Waals surface area contributed by atoms with Crippen molar-refractivity contribution < 1.29 is 28.3 Å². The van der Waals surface area contributed by atoms with Crippen LogP contribution in [0.4, 0.5) is 5.69 Å². The number of carbonyl (C=O) groups excluding carboxylic acids is 2. The van der Waals surface area contributed by atoms with E-state index < -0.39 is 29.2 Å². The number of Topliss-reactive ketones (excluding diaryl/α,β-unsaturated/α-hetero) is 1. The van der Waals surface area contributed by atoms with Crippen LogP contribution < -0.4 is 15.4 Å². The van der Waals surface area contributed by atoms with Gasteiger partial charge in [-0.1, -0.05) is 86.8 Å². The molecule has 6 aromatic rings. The first kappa shape index (κ1) is 37.5. The van der Waals surface area contributed by atoms with Gasteiger partial charge in [-0.25, -0.2) is 4.98 Å². The van der Waals surface area contributed by atoms with E-state index in [1.54, 1.807) is 13.8 Å². The van der Waals surface area contributed by atoms with Gasteiger partial charge in [-0.2, -0.15) is 4.98 Å². The summed E-state index contributed by atoms with van der Waals surface area (Å²) in [4.78, 5) is 38.1. The number of carbonyl (C=O) groups is 2.